The van der Waals surface area contributed by atoms with E-state index in [1.54, 1.807) is 54.6 Å². The minimum absolute atomic E-state index is 0.112. The zero-order valence-electron chi connectivity index (χ0n) is 18.2. The fourth-order valence-corrected chi connectivity index (χ4v) is 3.26. The van der Waals surface area contributed by atoms with Gasteiger partial charge in [0.15, 0.2) is 11.5 Å². The molecule has 0 spiro atoms. The molecule has 0 fully saturated rings. The summed E-state index contributed by atoms with van der Waals surface area (Å²) in [6.07, 6.45) is 0.733. The van der Waals surface area contributed by atoms with Crippen LogP contribution >= 0.6 is 11.6 Å². The van der Waals surface area contributed by atoms with Crippen molar-refractivity contribution in [3.8, 4) is 5.75 Å². The summed E-state index contributed by atoms with van der Waals surface area (Å²) in [6, 6.07) is 25.0. The van der Waals surface area contributed by atoms with Crippen LogP contribution in [-0.2, 0) is 13.0 Å². The maximum Gasteiger partial charge on any atom is 0.273 e. The lowest BCUT2D eigenvalue weighted by Crippen LogP contribution is -2.25. The number of nitrogens with zero attached hydrogens (tertiary/aromatic N) is 1. The van der Waals surface area contributed by atoms with Gasteiger partial charge in [0.25, 0.3) is 11.8 Å². The Morgan fingerprint density at radius 3 is 2.38 bits per heavy atom. The number of carbonyl (C=O) groups is 2. The highest BCUT2D eigenvalue weighted by Crippen LogP contribution is 2.19. The predicted octanol–water partition coefficient (Wildman–Crippen LogP) is 5.13. The molecule has 34 heavy (non-hydrogen) atoms. The molecule has 3 aromatic carbocycles. The van der Waals surface area contributed by atoms with Gasteiger partial charge < -0.3 is 19.9 Å². The Kier molecular flexibility index (Phi) is 7.57. The van der Waals surface area contributed by atoms with Crippen LogP contribution in [-0.4, -0.2) is 23.5 Å². The van der Waals surface area contributed by atoms with Crippen LogP contribution in [0.25, 0.3) is 0 Å². The van der Waals surface area contributed by atoms with Gasteiger partial charge >= 0.3 is 0 Å². The molecule has 1 aromatic heterocycles. The van der Waals surface area contributed by atoms with Crippen molar-refractivity contribution in [3.63, 3.8) is 0 Å². The van der Waals surface area contributed by atoms with E-state index >= 15 is 0 Å². The van der Waals surface area contributed by atoms with Gasteiger partial charge in [0.1, 0.15) is 12.4 Å². The van der Waals surface area contributed by atoms with Gasteiger partial charge in [0, 0.05) is 28.9 Å². The summed E-state index contributed by atoms with van der Waals surface area (Å²) in [5, 5.41) is 10.0. The quantitative estimate of drug-likeness (QED) is 0.350. The lowest BCUT2D eigenvalue weighted by Gasteiger charge is -2.07. The van der Waals surface area contributed by atoms with Crippen LogP contribution in [0.15, 0.2) is 89.5 Å². The third-order valence-corrected chi connectivity index (χ3v) is 5.19. The largest absolute Gasteiger partial charge is 0.486 e. The van der Waals surface area contributed by atoms with E-state index < -0.39 is 0 Å². The highest BCUT2D eigenvalue weighted by molar-refractivity contribution is 6.30. The number of carbonyl (C=O) groups excluding carboxylic acids is 2. The van der Waals surface area contributed by atoms with Crippen molar-refractivity contribution < 1.29 is 18.8 Å². The maximum atomic E-state index is 12.3. The zero-order valence-corrected chi connectivity index (χ0v) is 18.9. The van der Waals surface area contributed by atoms with Crippen LogP contribution in [0.2, 0.25) is 5.02 Å². The average molecular weight is 476 g/mol. The molecule has 7 nitrogen and oxygen atoms in total. The van der Waals surface area contributed by atoms with Crippen molar-refractivity contribution in [2.45, 2.75) is 13.0 Å². The van der Waals surface area contributed by atoms with Gasteiger partial charge in [-0.05, 0) is 60.5 Å². The first-order valence-corrected chi connectivity index (χ1v) is 11.0. The molecule has 0 aliphatic heterocycles. The fourth-order valence-electron chi connectivity index (χ4n) is 3.14. The van der Waals surface area contributed by atoms with Crippen molar-refractivity contribution in [1.29, 1.82) is 0 Å². The Morgan fingerprint density at radius 1 is 0.912 bits per heavy atom. The normalized spacial score (nSPS) is 10.5. The lowest BCUT2D eigenvalue weighted by molar-refractivity contribution is 0.0944. The van der Waals surface area contributed by atoms with Crippen molar-refractivity contribution >= 4 is 29.1 Å². The van der Waals surface area contributed by atoms with Gasteiger partial charge in [-0.1, -0.05) is 47.1 Å². The van der Waals surface area contributed by atoms with E-state index in [0.717, 1.165) is 12.0 Å². The van der Waals surface area contributed by atoms with Crippen LogP contribution in [0.3, 0.4) is 0 Å². The molecule has 0 saturated carbocycles. The van der Waals surface area contributed by atoms with Crippen molar-refractivity contribution in [2.75, 3.05) is 11.9 Å². The molecule has 4 aromatic rings. The standard InChI is InChI=1S/C26H22ClN3O4/c27-20-8-6-19(7-9-20)25(31)29-21-10-12-22(13-11-21)33-17-23-16-24(30-34-23)26(32)28-15-14-18-4-2-1-3-5-18/h1-13,16H,14-15,17H2,(H,28,32)(H,29,31). The van der Waals surface area contributed by atoms with Crippen LogP contribution in [0, 0.1) is 0 Å². The Bertz CT molecular complexity index is 1240. The zero-order chi connectivity index (χ0) is 23.8. The maximum absolute atomic E-state index is 12.3. The molecule has 4 rings (SSSR count). The minimum Gasteiger partial charge on any atom is -0.486 e. The van der Waals surface area contributed by atoms with Gasteiger partial charge in [-0.2, -0.15) is 0 Å². The van der Waals surface area contributed by atoms with E-state index in [2.05, 4.69) is 15.8 Å². The molecule has 0 bridgehead atoms. The van der Waals surface area contributed by atoms with Crippen molar-refractivity contribution in [2.24, 2.45) is 0 Å². The van der Waals surface area contributed by atoms with E-state index in [1.165, 1.54) is 0 Å². The smallest absolute Gasteiger partial charge is 0.273 e. The van der Waals surface area contributed by atoms with Crippen LogP contribution in [0.1, 0.15) is 32.2 Å². The number of ether oxygens (including phenoxy) is 1. The molecule has 172 valence electrons. The van der Waals surface area contributed by atoms with Crippen molar-refractivity contribution in [1.82, 2.24) is 10.5 Å². The third-order valence-electron chi connectivity index (χ3n) is 4.93. The highest BCUT2D eigenvalue weighted by atomic mass is 35.5. The van der Waals surface area contributed by atoms with E-state index in [9.17, 15) is 9.59 Å². The van der Waals surface area contributed by atoms with Crippen molar-refractivity contribution in [3.05, 3.63) is 113 Å². The first-order valence-electron chi connectivity index (χ1n) is 10.6. The topological polar surface area (TPSA) is 93.5 Å². The number of hydrogen-bond donors (Lipinski definition) is 2. The second-order valence-corrected chi connectivity index (χ2v) is 7.88. The monoisotopic (exact) mass is 475 g/mol. The van der Waals surface area contributed by atoms with E-state index in [4.69, 9.17) is 20.9 Å². The summed E-state index contributed by atoms with van der Waals surface area (Å²) >= 11 is 5.85. The molecule has 8 heteroatoms. The Labute approximate surface area is 201 Å². The highest BCUT2D eigenvalue weighted by Gasteiger charge is 2.13. The summed E-state index contributed by atoms with van der Waals surface area (Å²) in [4.78, 5) is 24.5. The second kappa shape index (κ2) is 11.2. The fraction of sp³-hybridized carbons (Fsp3) is 0.115. The molecule has 0 radical (unpaired) electrons. The first kappa shape index (κ1) is 23.1. The van der Waals surface area contributed by atoms with Crippen LogP contribution in [0.5, 0.6) is 5.75 Å². The lowest BCUT2D eigenvalue weighted by atomic mass is 10.1. The molecule has 0 aliphatic carbocycles. The summed E-state index contributed by atoms with van der Waals surface area (Å²) in [7, 11) is 0. The molecule has 2 amide bonds. The number of halogens is 1. The van der Waals surface area contributed by atoms with Crippen LogP contribution < -0.4 is 15.4 Å². The molecule has 1 heterocycles. The van der Waals surface area contributed by atoms with E-state index in [1.807, 2.05) is 30.3 Å². The minimum atomic E-state index is -0.299. The third kappa shape index (κ3) is 6.46. The van der Waals surface area contributed by atoms with Crippen LogP contribution in [0.4, 0.5) is 5.69 Å². The molecular weight excluding hydrogens is 454 g/mol. The molecule has 0 saturated heterocycles. The Balaban J connectivity index is 1.23. The second-order valence-electron chi connectivity index (χ2n) is 7.44. The van der Waals surface area contributed by atoms with Gasteiger partial charge in [-0.15, -0.1) is 0 Å². The summed E-state index contributed by atoms with van der Waals surface area (Å²) in [5.74, 6) is 0.469. The number of hydrogen-bond acceptors (Lipinski definition) is 5. The number of anilines is 1. The molecular formula is C26H22ClN3O4. The van der Waals surface area contributed by atoms with E-state index in [0.29, 0.717) is 34.3 Å². The number of rotatable bonds is 9. The number of amides is 2. The number of nitrogens with one attached hydrogen (secondary N) is 2. The number of benzene rings is 3. The summed E-state index contributed by atoms with van der Waals surface area (Å²) in [5.41, 5.74) is 2.48. The Hall–Kier alpha value is -4.10. The first-order chi connectivity index (χ1) is 16.6. The SMILES string of the molecule is O=C(Nc1ccc(OCc2cc(C(=O)NCCc3ccccc3)no2)cc1)c1ccc(Cl)cc1. The predicted molar refractivity (Wildman–Crippen MR) is 129 cm³/mol. The average Bonchev–Trinajstić information content (AvgIpc) is 3.34. The summed E-state index contributed by atoms with van der Waals surface area (Å²) < 4.78 is 10.9. The van der Waals surface area contributed by atoms with Gasteiger partial charge in [0.2, 0.25) is 0 Å². The molecule has 0 unspecified atom stereocenters. The van der Waals surface area contributed by atoms with Gasteiger partial charge in [-0.25, -0.2) is 0 Å². The summed E-state index contributed by atoms with van der Waals surface area (Å²) in [6.45, 7) is 0.614. The molecule has 0 atom stereocenters. The molecule has 0 aliphatic rings. The van der Waals surface area contributed by atoms with Gasteiger partial charge in [-0.3, -0.25) is 9.59 Å². The number of aromatic nitrogens is 1. The van der Waals surface area contributed by atoms with E-state index in [-0.39, 0.29) is 24.1 Å². The Morgan fingerprint density at radius 2 is 1.65 bits per heavy atom. The van der Waals surface area contributed by atoms with Gasteiger partial charge in [0.05, 0.1) is 0 Å². The molecule has 2 N–H and O–H groups in total.